The summed E-state index contributed by atoms with van der Waals surface area (Å²) in [5.74, 6) is -0.631. The van der Waals surface area contributed by atoms with E-state index in [1.807, 2.05) is 44.2 Å². The molecule has 1 aliphatic heterocycles. The van der Waals surface area contributed by atoms with E-state index in [1.165, 1.54) is 0 Å². The first-order valence-electron chi connectivity index (χ1n) is 7.85. The van der Waals surface area contributed by atoms with Crippen LogP contribution in [-0.4, -0.2) is 35.3 Å². The maximum absolute atomic E-state index is 12.6. The summed E-state index contributed by atoms with van der Waals surface area (Å²) in [5, 5.41) is 0. The largest absolute Gasteiger partial charge is 0.348 e. The van der Waals surface area contributed by atoms with E-state index < -0.39 is 5.79 Å². The summed E-state index contributed by atoms with van der Waals surface area (Å²) in [7, 11) is 0. The van der Waals surface area contributed by atoms with Crippen LogP contribution in [0, 0.1) is 0 Å². The minimum atomic E-state index is -0.633. The lowest BCUT2D eigenvalue weighted by atomic mass is 10.1. The second-order valence-electron chi connectivity index (χ2n) is 6.09. The van der Waals surface area contributed by atoms with Gasteiger partial charge in [-0.25, -0.2) is 0 Å². The molecule has 2 atom stereocenters. The van der Waals surface area contributed by atoms with Crippen molar-refractivity contribution in [2.75, 3.05) is 6.61 Å². The average Bonchev–Trinajstić information content (AvgIpc) is 2.88. The predicted molar refractivity (Wildman–Crippen MR) is 90.7 cm³/mol. The fraction of sp³-hybridized carbons (Fsp3) is 0.421. The Kier molecular flexibility index (Phi) is 5.74. The molecule has 0 spiro atoms. The molecule has 1 aromatic carbocycles. The molecule has 0 unspecified atom stereocenters. The molecule has 1 saturated heterocycles. The Labute approximate surface area is 138 Å². The Morgan fingerprint density at radius 1 is 1.39 bits per heavy atom. The Bertz CT molecular complexity index is 553. The lowest BCUT2D eigenvalue weighted by molar-refractivity contribution is -0.151. The molecule has 2 rings (SSSR count). The van der Waals surface area contributed by atoms with Crippen molar-refractivity contribution in [2.45, 2.75) is 44.7 Å². The molecule has 1 fully saturated rings. The Hall–Kier alpha value is -1.91. The molecule has 1 amide bonds. The van der Waals surface area contributed by atoms with E-state index in [0.717, 1.165) is 5.56 Å². The maximum atomic E-state index is 12.6. The monoisotopic (exact) mass is 315 g/mol. The molecule has 124 valence electrons. The van der Waals surface area contributed by atoms with E-state index in [0.29, 0.717) is 13.2 Å². The molecule has 0 aromatic heterocycles. The van der Waals surface area contributed by atoms with E-state index in [4.69, 9.17) is 9.47 Å². The third-order valence-electron chi connectivity index (χ3n) is 3.85. The first-order chi connectivity index (χ1) is 11.0. The summed E-state index contributed by atoms with van der Waals surface area (Å²) in [6.45, 7) is 12.3. The van der Waals surface area contributed by atoms with Gasteiger partial charge in [-0.2, -0.15) is 0 Å². The molecule has 4 nitrogen and oxygen atoms in total. The molecule has 4 heteroatoms. The van der Waals surface area contributed by atoms with Gasteiger partial charge < -0.3 is 14.4 Å². The molecule has 1 aliphatic rings. The zero-order valence-corrected chi connectivity index (χ0v) is 13.9. The summed E-state index contributed by atoms with van der Waals surface area (Å²) in [6.07, 6.45) is 3.45. The van der Waals surface area contributed by atoms with E-state index in [1.54, 1.807) is 17.1 Å². The van der Waals surface area contributed by atoms with Crippen molar-refractivity contribution >= 4 is 5.91 Å². The summed E-state index contributed by atoms with van der Waals surface area (Å²) in [6, 6.07) is 9.65. The van der Waals surface area contributed by atoms with Gasteiger partial charge in [0.25, 0.3) is 0 Å². The molecule has 1 heterocycles. The second-order valence-corrected chi connectivity index (χ2v) is 6.09. The van der Waals surface area contributed by atoms with E-state index in [9.17, 15) is 4.79 Å². The molecule has 0 saturated carbocycles. The SMILES string of the molecule is C=CCC(=O)N(Cc1ccccc1)[C@@H](C=C)[C@H]1COC(C)(C)O1. The highest BCUT2D eigenvalue weighted by Crippen LogP contribution is 2.27. The van der Waals surface area contributed by atoms with Crippen molar-refractivity contribution in [1.82, 2.24) is 4.90 Å². The van der Waals surface area contributed by atoms with Crippen LogP contribution >= 0.6 is 0 Å². The quantitative estimate of drug-likeness (QED) is 0.725. The number of amides is 1. The van der Waals surface area contributed by atoms with Crippen LogP contribution in [0.3, 0.4) is 0 Å². The van der Waals surface area contributed by atoms with E-state index in [-0.39, 0.29) is 24.5 Å². The molecular formula is C19H25NO3. The van der Waals surface area contributed by atoms with Crippen molar-refractivity contribution in [3.05, 3.63) is 61.2 Å². The number of carbonyl (C=O) groups excluding carboxylic acids is 1. The van der Waals surface area contributed by atoms with Crippen molar-refractivity contribution < 1.29 is 14.3 Å². The van der Waals surface area contributed by atoms with Gasteiger partial charge in [0.2, 0.25) is 5.91 Å². The maximum Gasteiger partial charge on any atom is 0.227 e. The number of rotatable bonds is 7. The van der Waals surface area contributed by atoms with E-state index in [2.05, 4.69) is 13.2 Å². The molecular weight excluding hydrogens is 290 g/mol. The predicted octanol–water partition coefficient (Wildman–Crippen LogP) is 3.30. The van der Waals surface area contributed by atoms with Gasteiger partial charge in [0, 0.05) is 13.0 Å². The van der Waals surface area contributed by atoms with Crippen LogP contribution < -0.4 is 0 Å². The third-order valence-corrected chi connectivity index (χ3v) is 3.85. The highest BCUT2D eigenvalue weighted by molar-refractivity contribution is 5.78. The lowest BCUT2D eigenvalue weighted by Crippen LogP contribution is -2.46. The molecule has 1 aromatic rings. The van der Waals surface area contributed by atoms with Gasteiger partial charge in [-0.15, -0.1) is 13.2 Å². The van der Waals surface area contributed by atoms with Crippen LogP contribution in [0.15, 0.2) is 55.6 Å². The van der Waals surface area contributed by atoms with Crippen LogP contribution in [-0.2, 0) is 20.8 Å². The molecule has 23 heavy (non-hydrogen) atoms. The zero-order valence-electron chi connectivity index (χ0n) is 13.9. The number of carbonyl (C=O) groups is 1. The minimum Gasteiger partial charge on any atom is -0.348 e. The molecule has 0 N–H and O–H groups in total. The zero-order chi connectivity index (χ0) is 16.9. The highest BCUT2D eigenvalue weighted by atomic mass is 16.7. The minimum absolute atomic E-state index is 0.00191. The van der Waals surface area contributed by atoms with Gasteiger partial charge in [-0.1, -0.05) is 42.5 Å². The topological polar surface area (TPSA) is 38.8 Å². The molecule has 0 bridgehead atoms. The Balaban J connectivity index is 2.21. The summed E-state index contributed by atoms with van der Waals surface area (Å²) in [5.41, 5.74) is 1.06. The van der Waals surface area contributed by atoms with Crippen LogP contribution in [0.4, 0.5) is 0 Å². The van der Waals surface area contributed by atoms with Crippen molar-refractivity contribution in [1.29, 1.82) is 0 Å². The number of benzene rings is 1. The number of hydrogen-bond acceptors (Lipinski definition) is 3. The van der Waals surface area contributed by atoms with Crippen LogP contribution in [0.2, 0.25) is 0 Å². The first-order valence-corrected chi connectivity index (χ1v) is 7.85. The Morgan fingerprint density at radius 2 is 2.09 bits per heavy atom. The van der Waals surface area contributed by atoms with Gasteiger partial charge in [0.1, 0.15) is 6.10 Å². The lowest BCUT2D eigenvalue weighted by Gasteiger charge is -2.33. The number of ether oxygens (including phenoxy) is 2. The highest BCUT2D eigenvalue weighted by Gasteiger charge is 2.39. The van der Waals surface area contributed by atoms with Gasteiger partial charge in [-0.3, -0.25) is 4.79 Å². The number of nitrogens with zero attached hydrogens (tertiary/aromatic N) is 1. The van der Waals surface area contributed by atoms with Crippen molar-refractivity contribution in [2.24, 2.45) is 0 Å². The van der Waals surface area contributed by atoms with Gasteiger partial charge >= 0.3 is 0 Å². The fourth-order valence-electron chi connectivity index (χ4n) is 2.74. The van der Waals surface area contributed by atoms with Crippen LogP contribution in [0.5, 0.6) is 0 Å². The van der Waals surface area contributed by atoms with Crippen molar-refractivity contribution in [3.8, 4) is 0 Å². The molecule has 0 radical (unpaired) electrons. The smallest absolute Gasteiger partial charge is 0.227 e. The average molecular weight is 315 g/mol. The first kappa shape index (κ1) is 17.4. The Morgan fingerprint density at radius 3 is 2.61 bits per heavy atom. The van der Waals surface area contributed by atoms with E-state index >= 15 is 0 Å². The molecule has 0 aliphatic carbocycles. The van der Waals surface area contributed by atoms with Gasteiger partial charge in [-0.05, 0) is 19.4 Å². The van der Waals surface area contributed by atoms with Gasteiger partial charge in [0.15, 0.2) is 5.79 Å². The van der Waals surface area contributed by atoms with Crippen molar-refractivity contribution in [3.63, 3.8) is 0 Å². The summed E-state index contributed by atoms with van der Waals surface area (Å²) < 4.78 is 11.6. The second kappa shape index (κ2) is 7.57. The summed E-state index contributed by atoms with van der Waals surface area (Å²) >= 11 is 0. The van der Waals surface area contributed by atoms with Crippen LogP contribution in [0.25, 0.3) is 0 Å². The van der Waals surface area contributed by atoms with Crippen LogP contribution in [0.1, 0.15) is 25.8 Å². The summed E-state index contributed by atoms with van der Waals surface area (Å²) in [4.78, 5) is 14.4. The van der Waals surface area contributed by atoms with Gasteiger partial charge in [0.05, 0.1) is 12.6 Å². The third kappa shape index (κ3) is 4.53. The standard InChI is InChI=1S/C19H25NO3/c1-5-10-18(21)20(13-15-11-8-7-9-12-15)16(6-2)17-14-22-19(3,4)23-17/h5-9,11-12,16-17H,1-2,10,13-14H2,3-4H3/t16-,17+/m0/s1. The fourth-order valence-corrected chi connectivity index (χ4v) is 2.74. The number of hydrogen-bond donors (Lipinski definition) is 0. The normalized spacial score (nSPS) is 20.7.